The third kappa shape index (κ3) is 2.58. The summed E-state index contributed by atoms with van der Waals surface area (Å²) in [5, 5.41) is 0.696. The van der Waals surface area contributed by atoms with Crippen LogP contribution in [0.5, 0.6) is 0 Å². The maximum absolute atomic E-state index is 5.93. The van der Waals surface area contributed by atoms with Gasteiger partial charge in [-0.2, -0.15) is 11.8 Å². The van der Waals surface area contributed by atoms with E-state index in [-0.39, 0.29) is 0 Å². The predicted octanol–water partition coefficient (Wildman–Crippen LogP) is 2.76. The van der Waals surface area contributed by atoms with E-state index in [1.807, 2.05) is 30.2 Å². The summed E-state index contributed by atoms with van der Waals surface area (Å²) in [6.07, 6.45) is 3.74. The van der Waals surface area contributed by atoms with Gasteiger partial charge in [0.05, 0.1) is 11.9 Å². The molecule has 1 unspecified atom stereocenters. The minimum atomic E-state index is 0.565. The number of anilines is 1. The predicted molar refractivity (Wildman–Crippen MR) is 67.9 cm³/mol. The van der Waals surface area contributed by atoms with Gasteiger partial charge in [0.2, 0.25) is 0 Å². The van der Waals surface area contributed by atoms with Crippen molar-refractivity contribution in [1.29, 1.82) is 0 Å². The molecule has 0 N–H and O–H groups in total. The number of thioether (sulfide) groups is 1. The lowest BCUT2D eigenvalue weighted by Gasteiger charge is -2.33. The van der Waals surface area contributed by atoms with E-state index >= 15 is 0 Å². The highest BCUT2D eigenvalue weighted by Gasteiger charge is 2.18. The molecule has 0 amide bonds. The quantitative estimate of drug-likeness (QED) is 0.742. The molecule has 82 valence electrons. The molecule has 1 atom stereocenters. The fraction of sp³-hybridized carbons (Fsp3) is 0.545. The number of hydrogen-bond acceptors (Lipinski definition) is 3. The highest BCUT2D eigenvalue weighted by molar-refractivity contribution is 8.00. The molecular weight excluding hydrogens is 228 g/mol. The van der Waals surface area contributed by atoms with Crippen molar-refractivity contribution in [3.8, 4) is 0 Å². The smallest absolute Gasteiger partial charge is 0.0598 e. The first-order valence-corrected chi connectivity index (χ1v) is 6.75. The summed E-state index contributed by atoms with van der Waals surface area (Å²) in [5.74, 6) is 1.76. The van der Waals surface area contributed by atoms with Crippen molar-refractivity contribution in [2.24, 2.45) is 0 Å². The Morgan fingerprint density at radius 3 is 3.27 bits per heavy atom. The zero-order valence-electron chi connectivity index (χ0n) is 8.82. The summed E-state index contributed by atoms with van der Waals surface area (Å²) in [7, 11) is 0. The second kappa shape index (κ2) is 5.08. The Balaban J connectivity index is 2.20. The number of halogens is 1. The van der Waals surface area contributed by atoms with Crippen LogP contribution in [-0.4, -0.2) is 29.1 Å². The molecule has 0 radical (unpaired) electrons. The van der Waals surface area contributed by atoms with Gasteiger partial charge >= 0.3 is 0 Å². The Kier molecular flexibility index (Phi) is 3.76. The van der Waals surface area contributed by atoms with E-state index < -0.39 is 0 Å². The van der Waals surface area contributed by atoms with Gasteiger partial charge in [0.25, 0.3) is 0 Å². The monoisotopic (exact) mass is 242 g/mol. The average molecular weight is 243 g/mol. The molecule has 1 aliphatic heterocycles. The van der Waals surface area contributed by atoms with E-state index in [0.29, 0.717) is 11.1 Å². The lowest BCUT2D eigenvalue weighted by atomic mass is 10.2. The van der Waals surface area contributed by atoms with E-state index in [9.17, 15) is 0 Å². The van der Waals surface area contributed by atoms with Crippen LogP contribution in [0, 0.1) is 0 Å². The van der Waals surface area contributed by atoms with Crippen LogP contribution in [0.2, 0.25) is 0 Å². The zero-order chi connectivity index (χ0) is 10.7. The van der Waals surface area contributed by atoms with Gasteiger partial charge in [-0.3, -0.25) is 4.98 Å². The lowest BCUT2D eigenvalue weighted by molar-refractivity contribution is 0.777. The largest absolute Gasteiger partial charge is 0.368 e. The van der Waals surface area contributed by atoms with Gasteiger partial charge in [0.15, 0.2) is 0 Å². The third-order valence-corrected chi connectivity index (χ3v) is 4.04. The molecule has 1 fully saturated rings. The summed E-state index contributed by atoms with van der Waals surface area (Å²) in [6.45, 7) is 4.47. The molecule has 0 aromatic carbocycles. The minimum Gasteiger partial charge on any atom is -0.368 e. The summed E-state index contributed by atoms with van der Waals surface area (Å²) < 4.78 is 0. The Hall–Kier alpha value is -0.410. The van der Waals surface area contributed by atoms with Crippen molar-refractivity contribution < 1.29 is 0 Å². The van der Waals surface area contributed by atoms with Crippen molar-refractivity contribution in [2.75, 3.05) is 23.7 Å². The molecule has 0 spiro atoms. The van der Waals surface area contributed by atoms with Crippen molar-refractivity contribution in [1.82, 2.24) is 4.98 Å². The van der Waals surface area contributed by atoms with Gasteiger partial charge < -0.3 is 4.90 Å². The lowest BCUT2D eigenvalue weighted by Crippen LogP contribution is -2.37. The molecule has 1 aromatic rings. The number of rotatable bonds is 2. The molecule has 1 aliphatic rings. The minimum absolute atomic E-state index is 0.565. The Bertz CT molecular complexity index is 332. The van der Waals surface area contributed by atoms with Gasteiger partial charge in [-0.25, -0.2) is 0 Å². The second-order valence-corrected chi connectivity index (χ2v) is 5.58. The van der Waals surface area contributed by atoms with E-state index in [1.165, 1.54) is 17.0 Å². The van der Waals surface area contributed by atoms with Crippen molar-refractivity contribution in [3.05, 3.63) is 24.0 Å². The molecular formula is C11H15ClN2S. The van der Waals surface area contributed by atoms with Crippen LogP contribution in [0.4, 0.5) is 5.69 Å². The Morgan fingerprint density at radius 1 is 1.67 bits per heavy atom. The molecule has 0 bridgehead atoms. The van der Waals surface area contributed by atoms with Crippen LogP contribution in [0.3, 0.4) is 0 Å². The summed E-state index contributed by atoms with van der Waals surface area (Å²) in [6, 6.07) is 2.01. The number of pyridine rings is 1. The molecule has 2 heterocycles. The van der Waals surface area contributed by atoms with Crippen LogP contribution in [0.15, 0.2) is 18.5 Å². The summed E-state index contributed by atoms with van der Waals surface area (Å²) >= 11 is 7.96. The third-order valence-electron chi connectivity index (χ3n) is 2.61. The number of nitrogens with zero attached hydrogens (tertiary/aromatic N) is 2. The van der Waals surface area contributed by atoms with Crippen LogP contribution >= 0.6 is 23.4 Å². The van der Waals surface area contributed by atoms with Gasteiger partial charge in [-0.1, -0.05) is 6.92 Å². The van der Waals surface area contributed by atoms with Crippen LogP contribution < -0.4 is 4.90 Å². The molecule has 4 heteroatoms. The molecule has 2 nitrogen and oxygen atoms in total. The highest BCUT2D eigenvalue weighted by Crippen LogP contribution is 2.26. The van der Waals surface area contributed by atoms with Gasteiger partial charge in [-0.15, -0.1) is 11.6 Å². The number of alkyl halides is 1. The Morgan fingerprint density at radius 2 is 2.53 bits per heavy atom. The van der Waals surface area contributed by atoms with E-state index in [1.54, 1.807) is 0 Å². The molecule has 1 saturated heterocycles. The summed E-state index contributed by atoms with van der Waals surface area (Å²) in [5.41, 5.74) is 2.39. The van der Waals surface area contributed by atoms with Gasteiger partial charge in [0, 0.05) is 36.2 Å². The molecule has 0 aliphatic carbocycles. The summed E-state index contributed by atoms with van der Waals surface area (Å²) in [4.78, 5) is 6.58. The standard InChI is InChI=1S/C11H15ClN2S/c1-9-8-14(4-5-15-9)11-7-13-3-2-10(11)6-12/h2-3,7,9H,4-6,8H2,1H3. The SMILES string of the molecule is CC1CN(c2cnccc2CCl)CCS1. The van der Waals surface area contributed by atoms with Crippen molar-refractivity contribution in [3.63, 3.8) is 0 Å². The van der Waals surface area contributed by atoms with E-state index in [2.05, 4.69) is 16.8 Å². The van der Waals surface area contributed by atoms with Crippen molar-refractivity contribution in [2.45, 2.75) is 18.1 Å². The highest BCUT2D eigenvalue weighted by atomic mass is 35.5. The maximum Gasteiger partial charge on any atom is 0.0598 e. The molecule has 1 aromatic heterocycles. The van der Waals surface area contributed by atoms with Crippen molar-refractivity contribution >= 4 is 29.1 Å². The molecule has 2 rings (SSSR count). The Labute approximate surface area is 100 Å². The average Bonchev–Trinajstić information content (AvgIpc) is 2.29. The zero-order valence-corrected chi connectivity index (χ0v) is 10.4. The van der Waals surface area contributed by atoms with Crippen LogP contribution in [0.1, 0.15) is 12.5 Å². The van der Waals surface area contributed by atoms with Gasteiger partial charge in [-0.05, 0) is 11.6 Å². The first kappa shape index (κ1) is 11.1. The topological polar surface area (TPSA) is 16.1 Å². The molecule has 0 saturated carbocycles. The first-order chi connectivity index (χ1) is 7.31. The normalized spacial score (nSPS) is 21.7. The fourth-order valence-corrected chi connectivity index (χ4v) is 3.09. The fourth-order valence-electron chi connectivity index (χ4n) is 1.85. The first-order valence-electron chi connectivity index (χ1n) is 5.16. The number of aromatic nitrogens is 1. The van der Waals surface area contributed by atoms with Crippen LogP contribution in [-0.2, 0) is 5.88 Å². The van der Waals surface area contributed by atoms with Gasteiger partial charge in [0.1, 0.15) is 0 Å². The van der Waals surface area contributed by atoms with E-state index in [4.69, 9.17) is 11.6 Å². The van der Waals surface area contributed by atoms with E-state index in [0.717, 1.165) is 13.1 Å². The number of hydrogen-bond donors (Lipinski definition) is 0. The second-order valence-electron chi connectivity index (χ2n) is 3.77. The molecule has 15 heavy (non-hydrogen) atoms. The maximum atomic E-state index is 5.93. The van der Waals surface area contributed by atoms with Crippen LogP contribution in [0.25, 0.3) is 0 Å².